The van der Waals surface area contributed by atoms with Gasteiger partial charge in [-0.1, -0.05) is 142 Å². The number of anilines is 2. The molecule has 1 heterocycles. The minimum atomic E-state index is -4.06. The number of nitrogens with zero attached hydrogens (tertiary/aromatic N) is 3. The van der Waals surface area contributed by atoms with Gasteiger partial charge in [-0.3, -0.25) is 9.98 Å². The van der Waals surface area contributed by atoms with Gasteiger partial charge in [-0.15, -0.1) is 5.10 Å². The van der Waals surface area contributed by atoms with Crippen LogP contribution in [0.25, 0.3) is 11.1 Å². The third kappa shape index (κ3) is 9.54. The van der Waals surface area contributed by atoms with Crippen LogP contribution in [0.15, 0.2) is 150 Å². The highest BCUT2D eigenvalue weighted by Crippen LogP contribution is 2.28. The van der Waals surface area contributed by atoms with Crippen LogP contribution in [0, 0.1) is 0 Å². The predicted molar refractivity (Wildman–Crippen MR) is 193 cm³/mol. The van der Waals surface area contributed by atoms with E-state index in [1.807, 2.05) is 64.8 Å². The molecule has 6 rings (SSSR count). The number of benzene rings is 5. The molecule has 8 heteroatoms. The lowest BCUT2D eigenvalue weighted by atomic mass is 10.1. The second-order valence-corrected chi connectivity index (χ2v) is 12.8. The SMILES string of the molecule is CCCCCCCCc1ccc(S(=O)(=O)O)cc1.c1ccc(C2=NN(c3ccccc3)N(c3ccc(-c4ccccc4)cc3)N2)cc1. The number of hydrogen-bond donors (Lipinski definition) is 2. The van der Waals surface area contributed by atoms with Crippen molar-refractivity contribution in [2.45, 2.75) is 56.8 Å². The first-order chi connectivity index (χ1) is 22.9. The molecule has 1 aliphatic rings. The number of hydrogen-bond acceptors (Lipinski definition) is 6. The first-order valence-corrected chi connectivity index (χ1v) is 17.6. The predicted octanol–water partition coefficient (Wildman–Crippen LogP) is 9.30. The van der Waals surface area contributed by atoms with E-state index in [0.29, 0.717) is 0 Å². The number of unbranched alkanes of at least 4 members (excludes halogenated alkanes) is 5. The minimum absolute atomic E-state index is 0.0332. The Kier molecular flexibility index (Phi) is 11.8. The van der Waals surface area contributed by atoms with Crippen LogP contribution < -0.4 is 15.7 Å². The summed E-state index contributed by atoms with van der Waals surface area (Å²) in [5.74, 6) is 0.807. The topological polar surface area (TPSA) is 85.2 Å². The van der Waals surface area contributed by atoms with Crippen molar-refractivity contribution < 1.29 is 13.0 Å². The molecule has 5 aromatic carbocycles. The molecule has 0 amide bonds. The van der Waals surface area contributed by atoms with E-state index in [1.165, 1.54) is 55.4 Å². The van der Waals surface area contributed by atoms with Gasteiger partial charge in [0.25, 0.3) is 10.1 Å². The highest BCUT2D eigenvalue weighted by Gasteiger charge is 2.26. The molecule has 0 saturated heterocycles. The molecule has 2 N–H and O–H groups in total. The fraction of sp³-hybridized carbons (Fsp3) is 0.205. The number of para-hydroxylation sites is 1. The highest BCUT2D eigenvalue weighted by molar-refractivity contribution is 7.85. The molecule has 0 spiro atoms. The smallest absolute Gasteiger partial charge is 0.282 e. The van der Waals surface area contributed by atoms with Crippen molar-refractivity contribution in [3.05, 3.63) is 151 Å². The Labute approximate surface area is 278 Å². The summed E-state index contributed by atoms with van der Waals surface area (Å²) >= 11 is 0. The summed E-state index contributed by atoms with van der Waals surface area (Å²) < 4.78 is 30.6. The lowest BCUT2D eigenvalue weighted by Gasteiger charge is -2.28. The summed E-state index contributed by atoms with van der Waals surface area (Å²) in [4.78, 5) is -0.0332. The maximum absolute atomic E-state index is 10.9. The summed E-state index contributed by atoms with van der Waals surface area (Å²) in [6, 6.07) is 45.6. The molecule has 47 heavy (non-hydrogen) atoms. The monoisotopic (exact) mass is 646 g/mol. The maximum atomic E-state index is 10.9. The number of amidine groups is 1. The van der Waals surface area contributed by atoms with Crippen molar-refractivity contribution in [2.24, 2.45) is 5.10 Å². The number of hydrazone groups is 1. The van der Waals surface area contributed by atoms with Gasteiger partial charge >= 0.3 is 0 Å². The molecular weight excluding hydrogens is 605 g/mol. The number of aryl methyl sites for hydroxylation is 1. The van der Waals surface area contributed by atoms with Gasteiger partial charge in [0.2, 0.25) is 0 Å². The van der Waals surface area contributed by atoms with Gasteiger partial charge in [-0.25, -0.2) is 0 Å². The van der Waals surface area contributed by atoms with Crippen LogP contribution in [0.1, 0.15) is 56.6 Å². The lowest BCUT2D eigenvalue weighted by Crippen LogP contribution is -2.44. The van der Waals surface area contributed by atoms with E-state index in [4.69, 9.17) is 9.65 Å². The van der Waals surface area contributed by atoms with E-state index < -0.39 is 10.1 Å². The molecule has 0 fully saturated rings. The summed E-state index contributed by atoms with van der Waals surface area (Å²) in [6.07, 6.45) is 8.47. The van der Waals surface area contributed by atoms with Crippen molar-refractivity contribution in [3.8, 4) is 11.1 Å². The van der Waals surface area contributed by atoms with Crippen LogP contribution in [-0.4, -0.2) is 18.8 Å². The van der Waals surface area contributed by atoms with E-state index in [1.54, 1.807) is 12.1 Å². The number of rotatable bonds is 12. The van der Waals surface area contributed by atoms with Gasteiger partial charge in [-0.2, -0.15) is 18.7 Å². The van der Waals surface area contributed by atoms with Gasteiger partial charge < -0.3 is 0 Å². The molecule has 0 saturated carbocycles. The first-order valence-electron chi connectivity index (χ1n) is 16.2. The molecule has 242 valence electrons. The second kappa shape index (κ2) is 16.6. The first kappa shape index (κ1) is 33.4. The zero-order valence-corrected chi connectivity index (χ0v) is 27.6. The average Bonchev–Trinajstić information content (AvgIpc) is 3.57. The third-order valence-corrected chi connectivity index (χ3v) is 8.76. The Hall–Kier alpha value is -4.92. The van der Waals surface area contributed by atoms with Crippen molar-refractivity contribution >= 4 is 27.3 Å². The fourth-order valence-corrected chi connectivity index (χ4v) is 5.78. The molecule has 0 bridgehead atoms. The molecule has 0 aromatic heterocycles. The Morgan fingerprint density at radius 3 is 1.72 bits per heavy atom. The van der Waals surface area contributed by atoms with Crippen LogP contribution in [0.4, 0.5) is 11.4 Å². The normalized spacial score (nSPS) is 12.6. The van der Waals surface area contributed by atoms with E-state index in [0.717, 1.165) is 41.2 Å². The van der Waals surface area contributed by atoms with E-state index in [9.17, 15) is 8.42 Å². The summed E-state index contributed by atoms with van der Waals surface area (Å²) in [6.45, 7) is 2.21. The maximum Gasteiger partial charge on any atom is 0.294 e. The quantitative estimate of drug-likeness (QED) is 0.104. The molecule has 5 aromatic rings. The molecular formula is C39H42N4O3S. The Morgan fingerprint density at radius 1 is 0.596 bits per heavy atom. The molecule has 7 nitrogen and oxygen atoms in total. The Bertz CT molecular complexity index is 1800. The average molecular weight is 647 g/mol. The van der Waals surface area contributed by atoms with Crippen molar-refractivity contribution in [3.63, 3.8) is 0 Å². The van der Waals surface area contributed by atoms with Crippen molar-refractivity contribution in [2.75, 3.05) is 10.2 Å². The lowest BCUT2D eigenvalue weighted by molar-refractivity contribution is 0.483. The molecule has 1 aliphatic heterocycles. The fourth-order valence-electron chi connectivity index (χ4n) is 5.30. The van der Waals surface area contributed by atoms with Crippen LogP contribution in [0.5, 0.6) is 0 Å². The zero-order chi connectivity index (χ0) is 32.9. The molecule has 0 unspecified atom stereocenters. The number of hydrazine groups is 2. The van der Waals surface area contributed by atoms with E-state index in [-0.39, 0.29) is 4.90 Å². The second-order valence-electron chi connectivity index (χ2n) is 11.4. The van der Waals surface area contributed by atoms with E-state index in [2.05, 4.69) is 73.0 Å². The van der Waals surface area contributed by atoms with Crippen molar-refractivity contribution in [1.82, 2.24) is 5.43 Å². The van der Waals surface area contributed by atoms with Crippen LogP contribution in [0.2, 0.25) is 0 Å². The van der Waals surface area contributed by atoms with Gasteiger partial charge in [0.1, 0.15) is 0 Å². The molecule has 0 atom stereocenters. The standard InChI is InChI=1S/C25H20N4.C14H22O3S/c1-4-10-20(11-5-1)21-16-18-24(19-17-21)29-27-25(22-12-6-2-7-13-22)26-28(29)23-14-8-3-9-15-23;1-2-3-4-5-6-7-8-13-9-11-14(12-10-13)18(15,16)17/h1-19H,(H,26,27);9-12H,2-8H2,1H3,(H,15,16,17). The Morgan fingerprint density at radius 2 is 1.13 bits per heavy atom. The summed E-state index contributed by atoms with van der Waals surface area (Å²) in [5, 5.41) is 8.69. The van der Waals surface area contributed by atoms with Gasteiger partial charge in [-0.05, 0) is 65.9 Å². The summed E-state index contributed by atoms with van der Waals surface area (Å²) in [5.41, 5.74) is 9.98. The molecule has 0 radical (unpaired) electrons. The van der Waals surface area contributed by atoms with Gasteiger partial charge in [0.05, 0.1) is 16.3 Å². The third-order valence-electron chi connectivity index (χ3n) is 7.89. The van der Waals surface area contributed by atoms with Crippen LogP contribution >= 0.6 is 0 Å². The van der Waals surface area contributed by atoms with Gasteiger partial charge in [0, 0.05) is 5.56 Å². The summed E-state index contributed by atoms with van der Waals surface area (Å²) in [7, 11) is -4.06. The largest absolute Gasteiger partial charge is 0.294 e. The van der Waals surface area contributed by atoms with Crippen LogP contribution in [0.3, 0.4) is 0 Å². The Balaban J connectivity index is 0.000000209. The van der Waals surface area contributed by atoms with E-state index >= 15 is 0 Å². The highest BCUT2D eigenvalue weighted by atomic mass is 32.2. The molecule has 0 aliphatic carbocycles. The minimum Gasteiger partial charge on any atom is -0.282 e. The van der Waals surface area contributed by atoms with Crippen LogP contribution in [-0.2, 0) is 16.5 Å². The number of nitrogens with one attached hydrogen (secondary N) is 1. The zero-order valence-electron chi connectivity index (χ0n) is 26.7. The van der Waals surface area contributed by atoms with Crippen molar-refractivity contribution in [1.29, 1.82) is 0 Å². The van der Waals surface area contributed by atoms with Gasteiger partial charge in [0.15, 0.2) is 5.84 Å².